The number of likely N-dealkylation sites (N-methyl/N-ethyl adjacent to an activating group) is 1. The lowest BCUT2D eigenvalue weighted by Gasteiger charge is -2.34. The third-order valence-corrected chi connectivity index (χ3v) is 2.83. The molecule has 0 aromatic carbocycles. The summed E-state index contributed by atoms with van der Waals surface area (Å²) in [6.07, 6.45) is 2.20. The summed E-state index contributed by atoms with van der Waals surface area (Å²) in [6, 6.07) is 1.06. The Balaban J connectivity index is 3.35. The molecule has 92 valence electrons. The van der Waals surface area contributed by atoms with Crippen molar-refractivity contribution in [3.63, 3.8) is 0 Å². The molecule has 1 unspecified atom stereocenters. The molecular weight excluding hydrogens is 227 g/mol. The quantitative estimate of drug-likeness (QED) is 0.855. The molecule has 1 heterocycles. The van der Waals surface area contributed by atoms with Crippen LogP contribution in [0.4, 0.5) is 4.39 Å². The zero-order chi connectivity index (χ0) is 13.2. The van der Waals surface area contributed by atoms with E-state index in [1.165, 1.54) is 27.1 Å². The van der Waals surface area contributed by atoms with Gasteiger partial charge in [-0.1, -0.05) is 0 Å². The van der Waals surface area contributed by atoms with Crippen molar-refractivity contribution in [3.8, 4) is 0 Å². The molecule has 5 nitrogen and oxygen atoms in total. The summed E-state index contributed by atoms with van der Waals surface area (Å²) in [5, 5.41) is 9.25. The minimum Gasteiger partial charge on any atom is -0.479 e. The maximum absolute atomic E-state index is 13.1. The second-order valence-electron chi connectivity index (χ2n) is 3.85. The number of hydrogen-bond acceptors (Lipinski definition) is 3. The number of nitrogens with zero attached hydrogens (tertiary/aromatic N) is 2. The van der Waals surface area contributed by atoms with Crippen LogP contribution in [-0.4, -0.2) is 33.9 Å². The van der Waals surface area contributed by atoms with E-state index in [2.05, 4.69) is 4.98 Å². The van der Waals surface area contributed by atoms with Gasteiger partial charge in [-0.25, -0.2) is 9.18 Å². The van der Waals surface area contributed by atoms with Crippen LogP contribution in [0.15, 0.2) is 18.5 Å². The van der Waals surface area contributed by atoms with Gasteiger partial charge in [-0.3, -0.25) is 9.78 Å². The first-order valence-electron chi connectivity index (χ1n) is 4.89. The van der Waals surface area contributed by atoms with Gasteiger partial charge in [-0.05, 0) is 13.0 Å². The Bertz CT molecular complexity index is 464. The fourth-order valence-corrected chi connectivity index (χ4v) is 1.45. The smallest absolute Gasteiger partial charge is 0.334 e. The summed E-state index contributed by atoms with van der Waals surface area (Å²) in [5.74, 6) is -2.33. The molecule has 1 atom stereocenters. The van der Waals surface area contributed by atoms with E-state index in [0.29, 0.717) is 0 Å². The van der Waals surface area contributed by atoms with Crippen molar-refractivity contribution >= 4 is 11.9 Å². The lowest BCUT2D eigenvalue weighted by atomic mass is 9.91. The molecule has 0 bridgehead atoms. The van der Waals surface area contributed by atoms with E-state index in [4.69, 9.17) is 0 Å². The van der Waals surface area contributed by atoms with Crippen molar-refractivity contribution in [1.29, 1.82) is 0 Å². The highest BCUT2D eigenvalue weighted by Crippen LogP contribution is 2.27. The number of carboxylic acid groups (broad SMARTS) is 1. The van der Waals surface area contributed by atoms with Gasteiger partial charge in [0.15, 0.2) is 5.54 Å². The molecule has 0 fully saturated rings. The highest BCUT2D eigenvalue weighted by molar-refractivity contribution is 5.86. The van der Waals surface area contributed by atoms with Crippen LogP contribution in [0.5, 0.6) is 0 Å². The monoisotopic (exact) mass is 240 g/mol. The Hall–Kier alpha value is -1.98. The second-order valence-corrected chi connectivity index (χ2v) is 3.85. The summed E-state index contributed by atoms with van der Waals surface area (Å²) in [6.45, 7) is 2.57. The van der Waals surface area contributed by atoms with Crippen LogP contribution in [0.25, 0.3) is 0 Å². The predicted octanol–water partition coefficient (Wildman–Crippen LogP) is 0.999. The maximum Gasteiger partial charge on any atom is 0.334 e. The molecule has 1 aromatic heterocycles. The first-order valence-corrected chi connectivity index (χ1v) is 4.89. The minimum absolute atomic E-state index is 0.114. The van der Waals surface area contributed by atoms with E-state index in [-0.39, 0.29) is 5.56 Å². The number of aliphatic carboxylic acids is 1. The molecule has 0 aliphatic rings. The second kappa shape index (κ2) is 4.48. The van der Waals surface area contributed by atoms with Gasteiger partial charge in [0.05, 0.1) is 6.20 Å². The fraction of sp³-hybridized carbons (Fsp3) is 0.364. The SMILES string of the molecule is CC(=O)N(C)C(C)(C(=O)O)c1cncc(F)c1. The number of carbonyl (C=O) groups is 2. The Morgan fingerprint density at radius 1 is 1.47 bits per heavy atom. The fourth-order valence-electron chi connectivity index (χ4n) is 1.45. The third-order valence-electron chi connectivity index (χ3n) is 2.83. The molecule has 0 radical (unpaired) electrons. The molecule has 1 rings (SSSR count). The molecule has 0 aliphatic heterocycles. The maximum atomic E-state index is 13.1. The number of halogens is 1. The number of pyridine rings is 1. The first-order chi connectivity index (χ1) is 7.80. The van der Waals surface area contributed by atoms with Gasteiger partial charge in [0.2, 0.25) is 5.91 Å². The number of carbonyl (C=O) groups excluding carboxylic acids is 1. The Morgan fingerprint density at radius 2 is 2.06 bits per heavy atom. The van der Waals surface area contributed by atoms with E-state index >= 15 is 0 Å². The number of amides is 1. The number of rotatable bonds is 3. The summed E-state index contributed by atoms with van der Waals surface area (Å²) in [5.41, 5.74) is -1.52. The van der Waals surface area contributed by atoms with E-state index in [1.807, 2.05) is 0 Å². The van der Waals surface area contributed by atoms with Crippen LogP contribution in [0.3, 0.4) is 0 Å². The standard InChI is InChI=1S/C11H13FN2O3/c1-7(15)14(3)11(2,10(16)17)8-4-9(12)6-13-5-8/h4-6H,1-3H3,(H,16,17). The van der Waals surface area contributed by atoms with Crippen LogP contribution in [0.1, 0.15) is 19.4 Å². The number of carboxylic acids is 1. The van der Waals surface area contributed by atoms with Gasteiger partial charge in [-0.15, -0.1) is 0 Å². The molecule has 1 aromatic rings. The molecule has 0 spiro atoms. The molecular formula is C11H13FN2O3. The zero-order valence-electron chi connectivity index (χ0n) is 9.77. The number of hydrogen-bond donors (Lipinski definition) is 1. The first kappa shape index (κ1) is 13.1. The topological polar surface area (TPSA) is 70.5 Å². The van der Waals surface area contributed by atoms with Crippen molar-refractivity contribution in [2.75, 3.05) is 7.05 Å². The molecule has 17 heavy (non-hydrogen) atoms. The highest BCUT2D eigenvalue weighted by Gasteiger charge is 2.41. The number of aromatic nitrogens is 1. The Kier molecular flexibility index (Phi) is 3.45. The molecule has 0 saturated heterocycles. The molecule has 0 aliphatic carbocycles. The van der Waals surface area contributed by atoms with Crippen LogP contribution < -0.4 is 0 Å². The largest absolute Gasteiger partial charge is 0.479 e. The van der Waals surface area contributed by atoms with Crippen molar-refractivity contribution in [2.45, 2.75) is 19.4 Å². The predicted molar refractivity (Wildman–Crippen MR) is 57.6 cm³/mol. The molecule has 1 N–H and O–H groups in total. The van der Waals surface area contributed by atoms with Gasteiger partial charge < -0.3 is 10.0 Å². The van der Waals surface area contributed by atoms with Crippen LogP contribution in [0, 0.1) is 5.82 Å². The Morgan fingerprint density at radius 3 is 2.47 bits per heavy atom. The zero-order valence-corrected chi connectivity index (χ0v) is 9.77. The van der Waals surface area contributed by atoms with Crippen molar-refractivity contribution in [2.24, 2.45) is 0 Å². The third kappa shape index (κ3) is 2.25. The molecule has 0 saturated carbocycles. The van der Waals surface area contributed by atoms with Gasteiger partial charge in [0.25, 0.3) is 0 Å². The van der Waals surface area contributed by atoms with Gasteiger partial charge >= 0.3 is 5.97 Å². The van der Waals surface area contributed by atoms with E-state index < -0.39 is 23.2 Å². The summed E-state index contributed by atoms with van der Waals surface area (Å²) in [7, 11) is 1.35. The highest BCUT2D eigenvalue weighted by atomic mass is 19.1. The van der Waals surface area contributed by atoms with Crippen molar-refractivity contribution in [1.82, 2.24) is 9.88 Å². The molecule has 6 heteroatoms. The minimum atomic E-state index is -1.64. The summed E-state index contributed by atoms with van der Waals surface area (Å²) >= 11 is 0. The summed E-state index contributed by atoms with van der Waals surface area (Å²) < 4.78 is 13.1. The van der Waals surface area contributed by atoms with E-state index in [9.17, 15) is 19.1 Å². The van der Waals surface area contributed by atoms with Gasteiger partial charge in [0, 0.05) is 25.7 Å². The van der Waals surface area contributed by atoms with Crippen LogP contribution >= 0.6 is 0 Å². The summed E-state index contributed by atoms with van der Waals surface area (Å²) in [4.78, 5) is 27.3. The van der Waals surface area contributed by atoms with Crippen LogP contribution in [0.2, 0.25) is 0 Å². The van der Waals surface area contributed by atoms with E-state index in [1.54, 1.807) is 0 Å². The normalized spacial score (nSPS) is 13.9. The van der Waals surface area contributed by atoms with Gasteiger partial charge in [-0.2, -0.15) is 0 Å². The van der Waals surface area contributed by atoms with E-state index in [0.717, 1.165) is 17.2 Å². The van der Waals surface area contributed by atoms with Crippen LogP contribution in [-0.2, 0) is 15.1 Å². The lowest BCUT2D eigenvalue weighted by Crippen LogP contribution is -2.50. The lowest BCUT2D eigenvalue weighted by molar-refractivity contribution is -0.156. The van der Waals surface area contributed by atoms with Crippen molar-refractivity contribution < 1.29 is 19.1 Å². The van der Waals surface area contributed by atoms with Gasteiger partial charge in [0.1, 0.15) is 5.82 Å². The average Bonchev–Trinajstić information content (AvgIpc) is 2.26. The Labute approximate surface area is 97.9 Å². The van der Waals surface area contributed by atoms with Crippen molar-refractivity contribution in [3.05, 3.63) is 29.8 Å². The average molecular weight is 240 g/mol. The molecule has 1 amide bonds.